The number of nitrogens with zero attached hydrogens (tertiary/aromatic N) is 3. The number of hydrogen-bond donors (Lipinski definition) is 0. The Balaban J connectivity index is 0.000000218. The van der Waals surface area contributed by atoms with E-state index in [0.717, 1.165) is 5.02 Å². The summed E-state index contributed by atoms with van der Waals surface area (Å²) in [5.41, 5.74) is 0. The van der Waals surface area contributed by atoms with Crippen LogP contribution in [0.15, 0.2) is 43.9 Å². The molecule has 0 unspecified atom stereocenters. The van der Waals surface area contributed by atoms with Crippen molar-refractivity contribution < 1.29 is 0 Å². The third-order valence-electron chi connectivity index (χ3n) is 1.38. The van der Waals surface area contributed by atoms with E-state index in [1.807, 2.05) is 30.3 Å². The molecule has 0 aromatic heterocycles. The summed E-state index contributed by atoms with van der Waals surface area (Å²) in [4.78, 5) is 0. The van der Waals surface area contributed by atoms with Crippen molar-refractivity contribution in [1.82, 2.24) is 0 Å². The van der Waals surface area contributed by atoms with Crippen molar-refractivity contribution >= 4 is 96.8 Å². The van der Waals surface area contributed by atoms with Crippen LogP contribution in [0.4, 0.5) is 0 Å². The summed E-state index contributed by atoms with van der Waals surface area (Å²) < 4.78 is 11.0. The van der Waals surface area contributed by atoms with Crippen LogP contribution < -0.4 is 0 Å². The fraction of sp³-hybridized carbons (Fsp3) is 0. The molecule has 3 nitrogen and oxygen atoms in total. The van der Waals surface area contributed by atoms with Crippen LogP contribution in [-0.2, 0) is 0 Å². The summed E-state index contributed by atoms with van der Waals surface area (Å²) in [6.45, 7) is 0. The maximum atomic E-state index is 5.64. The molecule has 0 atom stereocenters. The van der Waals surface area contributed by atoms with Crippen molar-refractivity contribution in [3.8, 4) is 0 Å². The second-order valence-corrected chi connectivity index (χ2v) is 18.3. The van der Waals surface area contributed by atoms with Gasteiger partial charge in [0, 0.05) is 5.02 Å². The molecule has 108 valence electrons. The third-order valence-corrected chi connectivity index (χ3v) is 14.1. The smallest absolute Gasteiger partial charge is 0.185 e. The fourth-order valence-electron chi connectivity index (χ4n) is 0.857. The highest BCUT2D eigenvalue weighted by atomic mass is 35.9. The van der Waals surface area contributed by atoms with Crippen LogP contribution in [0.1, 0.15) is 0 Å². The van der Waals surface area contributed by atoms with Gasteiger partial charge in [0.05, 0.1) is 0 Å². The molecule has 19 heavy (non-hydrogen) atoms. The van der Waals surface area contributed by atoms with Gasteiger partial charge >= 0.3 is 0 Å². The SMILES string of the molecule is ClP1(Cl)=NP(Cl)(Cl)=NP(Cl)(Cl)=N1.Clc1ccccc1. The van der Waals surface area contributed by atoms with Crippen molar-refractivity contribution in [2.45, 2.75) is 0 Å². The standard InChI is InChI=1S/C6H5Cl.Cl6N3P3/c7-6-4-2-1-3-5-6;1-10(2)7-11(3,4)9-12(5,6)8-10/h1-5H;. The molecule has 0 bridgehead atoms. The van der Waals surface area contributed by atoms with Gasteiger partial charge in [-0.1, -0.05) is 29.8 Å². The Morgan fingerprint density at radius 3 is 1.16 bits per heavy atom. The minimum Gasteiger partial charge on any atom is -0.185 e. The summed E-state index contributed by atoms with van der Waals surface area (Å²) in [6, 6.07) is 9.44. The van der Waals surface area contributed by atoms with Crippen molar-refractivity contribution in [3.63, 3.8) is 0 Å². The Morgan fingerprint density at radius 1 is 0.632 bits per heavy atom. The third kappa shape index (κ3) is 8.22. The number of halogens is 7. The summed E-state index contributed by atoms with van der Waals surface area (Å²) in [7, 11) is 0. The summed E-state index contributed by atoms with van der Waals surface area (Å²) in [5, 5.41) is 0.794. The molecule has 0 saturated carbocycles. The van der Waals surface area contributed by atoms with E-state index in [1.165, 1.54) is 0 Å². The maximum absolute atomic E-state index is 5.64. The van der Waals surface area contributed by atoms with E-state index in [2.05, 4.69) is 13.5 Å². The quantitative estimate of drug-likeness (QED) is 0.346. The molecule has 13 heteroatoms. The average Bonchev–Trinajstić information content (AvgIpc) is 2.11. The van der Waals surface area contributed by atoms with Crippen LogP contribution in [0, 0.1) is 0 Å². The minimum absolute atomic E-state index is 0.794. The van der Waals surface area contributed by atoms with Gasteiger partial charge in [0.2, 0.25) is 0 Å². The first kappa shape index (κ1) is 19.0. The first-order chi connectivity index (χ1) is 8.52. The molecule has 1 heterocycles. The second kappa shape index (κ2) is 7.47. The van der Waals surface area contributed by atoms with Gasteiger partial charge in [0.1, 0.15) is 0 Å². The molecule has 0 amide bonds. The minimum atomic E-state index is -2.91. The lowest BCUT2D eigenvalue weighted by molar-refractivity contribution is 1.71. The van der Waals surface area contributed by atoms with Crippen LogP contribution in [0.25, 0.3) is 0 Å². The Kier molecular flexibility index (Phi) is 7.47. The summed E-state index contributed by atoms with van der Waals surface area (Å²) in [6.07, 6.45) is 0. The Hall–Kier alpha value is 1.94. The molecule has 0 fully saturated rings. The lowest BCUT2D eigenvalue weighted by atomic mass is 10.4. The van der Waals surface area contributed by atoms with Crippen LogP contribution in [0.3, 0.4) is 0 Å². The van der Waals surface area contributed by atoms with Crippen molar-refractivity contribution in [2.75, 3.05) is 0 Å². The highest BCUT2D eigenvalue weighted by Crippen LogP contribution is 2.87. The predicted octanol–water partition coefficient (Wildman–Crippen LogP) is 9.61. The molecule has 1 aromatic rings. The lowest BCUT2D eigenvalue weighted by Gasteiger charge is -2.16. The summed E-state index contributed by atoms with van der Waals surface area (Å²) >= 11 is 39.4. The monoisotopic (exact) mass is 457 g/mol. The van der Waals surface area contributed by atoms with E-state index in [1.54, 1.807) is 0 Å². The van der Waals surface area contributed by atoms with E-state index >= 15 is 0 Å². The highest BCUT2D eigenvalue weighted by molar-refractivity contribution is 8.26. The van der Waals surface area contributed by atoms with Crippen LogP contribution in [0.5, 0.6) is 0 Å². The topological polar surface area (TPSA) is 37.1 Å². The molecular formula is C6H5Cl7N3P3. The lowest BCUT2D eigenvalue weighted by Crippen LogP contribution is -1.62. The van der Waals surface area contributed by atoms with E-state index < -0.39 is 17.7 Å². The predicted molar refractivity (Wildman–Crippen MR) is 94.6 cm³/mol. The van der Waals surface area contributed by atoms with Crippen molar-refractivity contribution in [2.24, 2.45) is 13.5 Å². The van der Waals surface area contributed by atoms with Gasteiger partial charge in [-0.05, 0) is 79.6 Å². The zero-order valence-corrected chi connectivity index (χ0v) is 16.7. The largest absolute Gasteiger partial charge is 0.257 e. The van der Waals surface area contributed by atoms with Crippen molar-refractivity contribution in [3.05, 3.63) is 35.4 Å². The van der Waals surface area contributed by atoms with Crippen LogP contribution in [0.2, 0.25) is 5.02 Å². The van der Waals surface area contributed by atoms with E-state index in [-0.39, 0.29) is 0 Å². The zero-order chi connectivity index (χ0) is 14.7. The van der Waals surface area contributed by atoms with E-state index in [9.17, 15) is 0 Å². The second-order valence-electron chi connectivity index (χ2n) is 2.93. The maximum Gasteiger partial charge on any atom is 0.257 e. The molecule has 2 rings (SSSR count). The number of benzene rings is 1. The van der Waals surface area contributed by atoms with Crippen LogP contribution in [-0.4, -0.2) is 0 Å². The van der Waals surface area contributed by atoms with Gasteiger partial charge in [-0.3, -0.25) is 0 Å². The fourth-order valence-corrected chi connectivity index (χ4v) is 19.8. The van der Waals surface area contributed by atoms with Gasteiger partial charge in [0.15, 0.2) is 0 Å². The normalized spacial score (nSPS) is 21.8. The van der Waals surface area contributed by atoms with Crippen molar-refractivity contribution in [1.29, 1.82) is 0 Å². The average molecular weight is 460 g/mol. The molecule has 1 aromatic carbocycles. The van der Waals surface area contributed by atoms with Crippen LogP contribution >= 0.6 is 96.8 Å². The number of hydrogen-bond acceptors (Lipinski definition) is 3. The molecule has 0 N–H and O–H groups in total. The van der Waals surface area contributed by atoms with Gasteiger partial charge in [-0.25, -0.2) is 0 Å². The molecule has 0 aliphatic carbocycles. The molecule has 1 aliphatic rings. The molecule has 0 spiro atoms. The molecule has 0 saturated heterocycles. The van der Waals surface area contributed by atoms with Gasteiger partial charge in [0.25, 0.3) is 17.7 Å². The van der Waals surface area contributed by atoms with Gasteiger partial charge < -0.3 is 0 Å². The van der Waals surface area contributed by atoms with Gasteiger partial charge in [-0.2, -0.15) is 13.5 Å². The van der Waals surface area contributed by atoms with E-state index in [0.29, 0.717) is 0 Å². The Labute approximate surface area is 144 Å². The molecular weight excluding hydrogens is 455 g/mol. The molecule has 0 radical (unpaired) electrons. The van der Waals surface area contributed by atoms with Gasteiger partial charge in [-0.15, -0.1) is 0 Å². The molecule has 1 aliphatic heterocycles. The van der Waals surface area contributed by atoms with E-state index in [4.69, 9.17) is 79.0 Å². The number of rotatable bonds is 0. The Morgan fingerprint density at radius 2 is 0.947 bits per heavy atom. The Bertz CT molecular complexity index is 524. The summed E-state index contributed by atoms with van der Waals surface area (Å²) in [5.74, 6) is -8.72. The first-order valence-electron chi connectivity index (χ1n) is 4.31. The first-order valence-corrected chi connectivity index (χ1v) is 15.2. The highest BCUT2D eigenvalue weighted by Gasteiger charge is 2.30. The zero-order valence-electron chi connectivity index (χ0n) is 8.72.